The molecule has 0 aliphatic carbocycles. The average molecular weight is 449 g/mol. The molecule has 0 spiro atoms. The van der Waals surface area contributed by atoms with E-state index in [1.807, 2.05) is 44.2 Å². The van der Waals surface area contributed by atoms with Gasteiger partial charge in [0.05, 0.1) is 12.7 Å². The van der Waals surface area contributed by atoms with Gasteiger partial charge in [0.1, 0.15) is 5.75 Å². The number of carbonyl (C=O) groups excluding carboxylic acids is 1. The summed E-state index contributed by atoms with van der Waals surface area (Å²) in [5, 5.41) is 16.0. The summed E-state index contributed by atoms with van der Waals surface area (Å²) >= 11 is 1.37. The van der Waals surface area contributed by atoms with E-state index in [1.165, 1.54) is 16.8 Å². The van der Waals surface area contributed by atoms with Crippen molar-refractivity contribution < 1.29 is 9.53 Å². The zero-order valence-electron chi connectivity index (χ0n) is 18.3. The third kappa shape index (κ3) is 3.42. The number of ether oxygens (including phenoxy) is 1. The van der Waals surface area contributed by atoms with Crippen molar-refractivity contribution in [2.75, 3.05) is 20.2 Å². The van der Waals surface area contributed by atoms with Crippen LogP contribution in [0, 0.1) is 19.3 Å². The standard InChI is InChI=1S/C23H24N6O2S/c1-14-11-16(15(2)28(14)17-7-6-8-18(13-17)31-3)12-19-20(24)29-22(25-21(19)30)32-23(26-29)27-9-4-5-10-27/h6-8,11-13,24H,4-5,9-10H2,1-3H3/b19-12-,24-20?. The molecule has 1 N–H and O–H groups in total. The highest BCUT2D eigenvalue weighted by molar-refractivity contribution is 8.26. The maximum Gasteiger partial charge on any atom is 0.283 e. The molecule has 32 heavy (non-hydrogen) atoms. The van der Waals surface area contributed by atoms with E-state index in [4.69, 9.17) is 10.1 Å². The summed E-state index contributed by atoms with van der Waals surface area (Å²) in [4.78, 5) is 19.2. The minimum atomic E-state index is -0.405. The molecular formula is C23H24N6O2S. The van der Waals surface area contributed by atoms with Crippen molar-refractivity contribution in [1.29, 1.82) is 5.41 Å². The zero-order chi connectivity index (χ0) is 22.4. The average Bonchev–Trinajstić information content (AvgIpc) is 3.51. The Bertz CT molecular complexity index is 1220. The molecule has 1 aromatic carbocycles. The number of hydrazone groups is 1. The Balaban J connectivity index is 1.49. The third-order valence-electron chi connectivity index (χ3n) is 5.90. The van der Waals surface area contributed by atoms with Gasteiger partial charge in [0.15, 0.2) is 11.0 Å². The number of aromatic nitrogens is 1. The number of amidine groups is 3. The first kappa shape index (κ1) is 20.6. The number of nitrogens with one attached hydrogen (secondary N) is 1. The minimum Gasteiger partial charge on any atom is -0.497 e. The Morgan fingerprint density at radius 1 is 1.16 bits per heavy atom. The van der Waals surface area contributed by atoms with Crippen LogP contribution in [0.4, 0.5) is 0 Å². The normalized spacial score (nSPS) is 19.5. The first-order valence-electron chi connectivity index (χ1n) is 10.5. The van der Waals surface area contributed by atoms with Gasteiger partial charge in [-0.15, -0.1) is 5.10 Å². The second-order valence-corrected chi connectivity index (χ2v) is 8.89. The van der Waals surface area contributed by atoms with Gasteiger partial charge in [-0.2, -0.15) is 10.0 Å². The number of fused-ring (bicyclic) bond motifs is 1. The molecule has 1 aromatic heterocycles. The predicted molar refractivity (Wildman–Crippen MR) is 128 cm³/mol. The van der Waals surface area contributed by atoms with E-state index in [0.29, 0.717) is 5.17 Å². The van der Waals surface area contributed by atoms with E-state index in [1.54, 1.807) is 13.2 Å². The number of thioether (sulfide) groups is 1. The van der Waals surface area contributed by atoms with Crippen LogP contribution in [0.15, 0.2) is 46.0 Å². The van der Waals surface area contributed by atoms with Gasteiger partial charge >= 0.3 is 0 Å². The fourth-order valence-electron chi connectivity index (χ4n) is 4.25. The topological polar surface area (TPSA) is 86.3 Å². The van der Waals surface area contributed by atoms with Crippen molar-refractivity contribution in [3.05, 3.63) is 52.9 Å². The second-order valence-electron chi connectivity index (χ2n) is 7.96. The lowest BCUT2D eigenvalue weighted by Gasteiger charge is -2.20. The molecule has 1 amide bonds. The smallest absolute Gasteiger partial charge is 0.283 e. The highest BCUT2D eigenvalue weighted by atomic mass is 32.2. The lowest BCUT2D eigenvalue weighted by Crippen LogP contribution is -2.35. The number of amides is 1. The quantitative estimate of drug-likeness (QED) is 0.723. The number of methoxy groups -OCH3 is 1. The van der Waals surface area contributed by atoms with Gasteiger partial charge in [-0.3, -0.25) is 10.2 Å². The lowest BCUT2D eigenvalue weighted by molar-refractivity contribution is -0.114. The van der Waals surface area contributed by atoms with E-state index < -0.39 is 5.91 Å². The summed E-state index contributed by atoms with van der Waals surface area (Å²) in [5.41, 5.74) is 4.08. The maximum atomic E-state index is 12.8. The van der Waals surface area contributed by atoms with Crippen LogP contribution in [0.1, 0.15) is 29.8 Å². The van der Waals surface area contributed by atoms with Crippen molar-refractivity contribution in [2.45, 2.75) is 26.7 Å². The summed E-state index contributed by atoms with van der Waals surface area (Å²) in [7, 11) is 1.65. The molecule has 0 atom stereocenters. The third-order valence-corrected chi connectivity index (χ3v) is 6.87. The molecule has 3 aliphatic rings. The summed E-state index contributed by atoms with van der Waals surface area (Å²) in [6.07, 6.45) is 4.02. The zero-order valence-corrected chi connectivity index (χ0v) is 19.1. The Morgan fingerprint density at radius 3 is 2.69 bits per heavy atom. The van der Waals surface area contributed by atoms with Gasteiger partial charge in [0.25, 0.3) is 5.91 Å². The van der Waals surface area contributed by atoms with Crippen molar-refractivity contribution in [2.24, 2.45) is 10.1 Å². The monoisotopic (exact) mass is 448 g/mol. The van der Waals surface area contributed by atoms with E-state index in [9.17, 15) is 4.79 Å². The van der Waals surface area contributed by atoms with Crippen molar-refractivity contribution >= 4 is 39.9 Å². The van der Waals surface area contributed by atoms with Gasteiger partial charge in [0.2, 0.25) is 5.17 Å². The van der Waals surface area contributed by atoms with E-state index in [0.717, 1.165) is 59.5 Å². The number of hydrogen-bond acceptors (Lipinski definition) is 6. The molecule has 2 aromatic rings. The summed E-state index contributed by atoms with van der Waals surface area (Å²) in [6, 6.07) is 9.85. The molecule has 1 fully saturated rings. The number of aryl methyl sites for hydroxylation is 1. The molecule has 3 aliphatic heterocycles. The number of benzene rings is 1. The van der Waals surface area contributed by atoms with Crippen molar-refractivity contribution in [3.8, 4) is 11.4 Å². The van der Waals surface area contributed by atoms with Crippen LogP contribution in [0.3, 0.4) is 0 Å². The summed E-state index contributed by atoms with van der Waals surface area (Å²) in [5.74, 6) is 0.435. The maximum absolute atomic E-state index is 12.8. The molecule has 0 saturated carbocycles. The van der Waals surface area contributed by atoms with Gasteiger partial charge in [-0.05, 0) is 68.3 Å². The van der Waals surface area contributed by atoms with Crippen LogP contribution >= 0.6 is 11.8 Å². The SMILES string of the molecule is COc1cccc(-n2c(C)cc(/C=C3/C(=N)N4N=C(N5CCCC5)SC4=NC3=O)c2C)c1. The van der Waals surface area contributed by atoms with Crippen LogP contribution in [-0.2, 0) is 4.79 Å². The molecule has 0 radical (unpaired) electrons. The van der Waals surface area contributed by atoms with Gasteiger partial charge in [-0.1, -0.05) is 6.07 Å². The molecule has 164 valence electrons. The van der Waals surface area contributed by atoms with Crippen LogP contribution < -0.4 is 4.74 Å². The Hall–Kier alpha value is -3.33. The fraction of sp³-hybridized carbons (Fsp3) is 0.304. The molecule has 4 heterocycles. The van der Waals surface area contributed by atoms with Crippen molar-refractivity contribution in [3.63, 3.8) is 0 Å². The van der Waals surface area contributed by atoms with E-state index in [-0.39, 0.29) is 11.4 Å². The van der Waals surface area contributed by atoms with Crippen LogP contribution in [-0.4, -0.2) is 56.8 Å². The molecule has 1 saturated heterocycles. The molecular weight excluding hydrogens is 424 g/mol. The Labute approximate surface area is 190 Å². The van der Waals surface area contributed by atoms with Crippen molar-refractivity contribution in [1.82, 2.24) is 14.5 Å². The molecule has 8 nitrogen and oxygen atoms in total. The number of hydrogen-bond donors (Lipinski definition) is 1. The van der Waals surface area contributed by atoms with Crippen LogP contribution in [0.5, 0.6) is 5.75 Å². The largest absolute Gasteiger partial charge is 0.497 e. The first-order chi connectivity index (χ1) is 15.5. The first-order valence-corrected chi connectivity index (χ1v) is 11.4. The van der Waals surface area contributed by atoms with Gasteiger partial charge in [-0.25, -0.2) is 0 Å². The Kier molecular flexibility index (Phi) is 5.13. The number of carbonyl (C=O) groups is 1. The Morgan fingerprint density at radius 2 is 1.94 bits per heavy atom. The van der Waals surface area contributed by atoms with E-state index >= 15 is 0 Å². The molecule has 5 rings (SSSR count). The molecule has 9 heteroatoms. The van der Waals surface area contributed by atoms with Crippen LogP contribution in [0.2, 0.25) is 0 Å². The summed E-state index contributed by atoms with van der Waals surface area (Å²) in [6.45, 7) is 5.92. The van der Waals surface area contributed by atoms with Gasteiger partial charge in [0, 0.05) is 36.2 Å². The predicted octanol–water partition coefficient (Wildman–Crippen LogP) is 3.78. The number of rotatable bonds is 3. The number of aliphatic imine (C=N–C) groups is 1. The minimum absolute atomic E-state index is 0.0629. The molecule has 0 bridgehead atoms. The van der Waals surface area contributed by atoms with E-state index in [2.05, 4.69) is 19.6 Å². The molecule has 0 unspecified atom stereocenters. The number of likely N-dealkylation sites (tertiary alicyclic amines) is 1. The fourth-order valence-corrected chi connectivity index (χ4v) is 5.20. The summed E-state index contributed by atoms with van der Waals surface area (Å²) < 4.78 is 7.47. The highest BCUT2D eigenvalue weighted by Crippen LogP contribution is 2.32. The lowest BCUT2D eigenvalue weighted by atomic mass is 10.1. The highest BCUT2D eigenvalue weighted by Gasteiger charge is 2.37. The van der Waals surface area contributed by atoms with Crippen LogP contribution in [0.25, 0.3) is 11.8 Å². The second kappa shape index (κ2) is 7.98. The van der Waals surface area contributed by atoms with Gasteiger partial charge < -0.3 is 14.2 Å². The number of nitrogens with zero attached hydrogens (tertiary/aromatic N) is 5.